The molecule has 3 aromatic rings. The van der Waals surface area contributed by atoms with Gasteiger partial charge in [0, 0.05) is 24.7 Å². The summed E-state index contributed by atoms with van der Waals surface area (Å²) in [5, 5.41) is 3.22. The van der Waals surface area contributed by atoms with Crippen LogP contribution in [0, 0.1) is 6.92 Å². The molecular formula is C25H28BrF3N4O4. The third-order valence-corrected chi connectivity index (χ3v) is 6.41. The first-order valence-electron chi connectivity index (χ1n) is 11.7. The number of oxazole rings is 1. The van der Waals surface area contributed by atoms with Crippen LogP contribution in [-0.4, -0.2) is 52.8 Å². The van der Waals surface area contributed by atoms with Crippen molar-refractivity contribution in [3.63, 3.8) is 0 Å². The highest BCUT2D eigenvalue weighted by molar-refractivity contribution is 9.10. The number of aryl methyl sites for hydroxylation is 1. The molecule has 0 unspecified atom stereocenters. The average molecular weight is 585 g/mol. The molecule has 1 aliphatic heterocycles. The Labute approximate surface area is 220 Å². The number of anilines is 1. The molecule has 1 saturated heterocycles. The topological polar surface area (TPSA) is 89.7 Å². The molecule has 8 nitrogen and oxygen atoms in total. The number of benzene rings is 1. The molecule has 1 aliphatic rings. The lowest BCUT2D eigenvalue weighted by atomic mass is 10.00. The Bertz CT molecular complexity index is 1320. The lowest BCUT2D eigenvalue weighted by Crippen LogP contribution is -2.47. The molecule has 0 bridgehead atoms. The zero-order chi connectivity index (χ0) is 27.1. The van der Waals surface area contributed by atoms with Crippen molar-refractivity contribution >= 4 is 39.3 Å². The lowest BCUT2D eigenvalue weighted by molar-refractivity contribution is -0.137. The number of ether oxygens (including phenoxy) is 2. The second-order valence-corrected chi connectivity index (χ2v) is 10.8. The number of carbonyl (C=O) groups is 1. The number of fused-ring (bicyclic) bond motifs is 1. The van der Waals surface area contributed by atoms with Gasteiger partial charge < -0.3 is 24.1 Å². The van der Waals surface area contributed by atoms with E-state index in [4.69, 9.17) is 13.9 Å². The van der Waals surface area contributed by atoms with Crippen LogP contribution in [0.5, 0.6) is 5.75 Å². The summed E-state index contributed by atoms with van der Waals surface area (Å²) >= 11 is 3.47. The number of piperidine rings is 1. The number of hydrogen-bond acceptors (Lipinski definition) is 7. The van der Waals surface area contributed by atoms with Gasteiger partial charge in [-0.1, -0.05) is 0 Å². The number of pyridine rings is 1. The second-order valence-electron chi connectivity index (χ2n) is 9.94. The number of amides is 1. The predicted octanol–water partition coefficient (Wildman–Crippen LogP) is 6.80. The number of nitrogens with zero attached hydrogens (tertiary/aromatic N) is 3. The molecule has 200 valence electrons. The number of alkyl halides is 3. The lowest BCUT2D eigenvalue weighted by Gasteiger charge is -2.34. The molecule has 4 rings (SSSR count). The van der Waals surface area contributed by atoms with Gasteiger partial charge in [0.25, 0.3) is 6.01 Å². The Kier molecular flexibility index (Phi) is 7.33. The minimum atomic E-state index is -4.50. The Hall–Kier alpha value is -3.02. The quantitative estimate of drug-likeness (QED) is 0.360. The zero-order valence-corrected chi connectivity index (χ0v) is 22.7. The monoisotopic (exact) mass is 584 g/mol. The Balaban J connectivity index is 1.60. The van der Waals surface area contributed by atoms with Crippen LogP contribution in [0.25, 0.3) is 22.5 Å². The zero-order valence-electron chi connectivity index (χ0n) is 21.1. The summed E-state index contributed by atoms with van der Waals surface area (Å²) in [6.07, 6.45) is -3.28. The van der Waals surface area contributed by atoms with Gasteiger partial charge in [-0.2, -0.15) is 18.2 Å². The summed E-state index contributed by atoms with van der Waals surface area (Å²) in [6.45, 7) is 8.07. The molecule has 0 aliphatic carbocycles. The number of halogens is 4. The van der Waals surface area contributed by atoms with Crippen molar-refractivity contribution in [2.75, 3.05) is 25.5 Å². The fourth-order valence-corrected chi connectivity index (χ4v) is 4.71. The van der Waals surface area contributed by atoms with Crippen molar-refractivity contribution in [1.82, 2.24) is 14.9 Å². The summed E-state index contributed by atoms with van der Waals surface area (Å²) in [6, 6.07) is 3.79. The second kappa shape index (κ2) is 10.0. The number of carbonyl (C=O) groups excluding carboxylic acids is 1. The van der Waals surface area contributed by atoms with Crippen LogP contribution >= 0.6 is 15.9 Å². The molecule has 1 aromatic carbocycles. The van der Waals surface area contributed by atoms with Crippen molar-refractivity contribution in [3.8, 4) is 17.0 Å². The van der Waals surface area contributed by atoms with Crippen LogP contribution in [0.1, 0.15) is 44.7 Å². The number of methoxy groups -OCH3 is 1. The Morgan fingerprint density at radius 3 is 2.59 bits per heavy atom. The molecular weight excluding hydrogens is 557 g/mol. The first-order chi connectivity index (χ1) is 17.2. The molecule has 3 heterocycles. The summed E-state index contributed by atoms with van der Waals surface area (Å²) in [4.78, 5) is 23.1. The third kappa shape index (κ3) is 6.11. The summed E-state index contributed by atoms with van der Waals surface area (Å²) in [7, 11) is 1.31. The fraction of sp³-hybridized carbons (Fsp3) is 0.480. The normalized spacial score (nSPS) is 16.7. The van der Waals surface area contributed by atoms with Crippen LogP contribution in [0.4, 0.5) is 24.0 Å². The molecule has 1 atom stereocenters. The van der Waals surface area contributed by atoms with Crippen molar-refractivity contribution in [2.45, 2.75) is 58.4 Å². The minimum absolute atomic E-state index is 0.0531. The predicted molar refractivity (Wildman–Crippen MR) is 136 cm³/mol. The third-order valence-electron chi connectivity index (χ3n) is 5.82. The summed E-state index contributed by atoms with van der Waals surface area (Å²) < 4.78 is 57.0. The standard InChI is InChI=1S/C25H28BrF3N4O4/c1-13-9-14(25(27,28)29)10-18(35-5)19(13)17-11-16(26)20-21(31-17)32-22(36-20)30-15-7-6-8-33(12-15)23(34)37-24(2,3)4/h9-11,15H,6-8,12H2,1-5H3,(H,30,31,32)/t15-/m1/s1. The van der Waals surface area contributed by atoms with E-state index in [1.807, 2.05) is 20.8 Å². The van der Waals surface area contributed by atoms with Crippen LogP contribution in [-0.2, 0) is 10.9 Å². The smallest absolute Gasteiger partial charge is 0.416 e. The highest BCUT2D eigenvalue weighted by Gasteiger charge is 2.33. The SMILES string of the molecule is COc1cc(C(F)(F)F)cc(C)c1-c1cc(Br)c2oc(N[C@@H]3CCCN(C(=O)OC(C)(C)C)C3)nc2n1. The van der Waals surface area contributed by atoms with Gasteiger partial charge in [0.15, 0.2) is 5.58 Å². The number of hydrogen-bond donors (Lipinski definition) is 1. The van der Waals surface area contributed by atoms with E-state index in [1.54, 1.807) is 17.9 Å². The van der Waals surface area contributed by atoms with E-state index in [2.05, 4.69) is 31.2 Å². The van der Waals surface area contributed by atoms with Gasteiger partial charge in [-0.05, 0) is 80.2 Å². The van der Waals surface area contributed by atoms with Crippen molar-refractivity contribution in [2.24, 2.45) is 0 Å². The molecule has 0 radical (unpaired) electrons. The van der Waals surface area contributed by atoms with E-state index in [0.29, 0.717) is 40.0 Å². The van der Waals surface area contributed by atoms with Crippen molar-refractivity contribution in [1.29, 1.82) is 0 Å². The molecule has 1 N–H and O–H groups in total. The number of aromatic nitrogens is 2. The van der Waals surface area contributed by atoms with E-state index >= 15 is 0 Å². The molecule has 0 spiro atoms. The first kappa shape index (κ1) is 27.0. The van der Waals surface area contributed by atoms with Gasteiger partial charge >= 0.3 is 12.3 Å². The van der Waals surface area contributed by atoms with Gasteiger partial charge in [-0.3, -0.25) is 0 Å². The molecule has 12 heteroatoms. The van der Waals surface area contributed by atoms with E-state index < -0.39 is 17.3 Å². The molecule has 37 heavy (non-hydrogen) atoms. The molecule has 1 fully saturated rings. The van der Waals surface area contributed by atoms with Crippen molar-refractivity contribution < 1.29 is 31.9 Å². The Morgan fingerprint density at radius 2 is 1.95 bits per heavy atom. The maximum absolute atomic E-state index is 13.3. The van der Waals surface area contributed by atoms with Crippen LogP contribution in [0.3, 0.4) is 0 Å². The van der Waals surface area contributed by atoms with E-state index in [1.165, 1.54) is 7.11 Å². The van der Waals surface area contributed by atoms with E-state index in [-0.39, 0.29) is 29.5 Å². The van der Waals surface area contributed by atoms with Crippen LogP contribution in [0.15, 0.2) is 27.1 Å². The average Bonchev–Trinajstić information content (AvgIpc) is 3.19. The van der Waals surface area contributed by atoms with E-state index in [0.717, 1.165) is 25.0 Å². The highest BCUT2D eigenvalue weighted by Crippen LogP contribution is 2.40. The van der Waals surface area contributed by atoms with Gasteiger partial charge in [0.1, 0.15) is 11.4 Å². The Morgan fingerprint density at radius 1 is 1.22 bits per heavy atom. The maximum Gasteiger partial charge on any atom is 0.416 e. The minimum Gasteiger partial charge on any atom is -0.496 e. The number of nitrogens with one attached hydrogen (secondary N) is 1. The number of rotatable bonds is 4. The number of likely N-dealkylation sites (tertiary alicyclic amines) is 1. The summed E-state index contributed by atoms with van der Waals surface area (Å²) in [5.74, 6) is 0.0531. The van der Waals surface area contributed by atoms with Crippen molar-refractivity contribution in [3.05, 3.63) is 33.8 Å². The summed E-state index contributed by atoms with van der Waals surface area (Å²) in [5.41, 5.74) is 0.444. The molecule has 1 amide bonds. The maximum atomic E-state index is 13.3. The van der Waals surface area contributed by atoms with Gasteiger partial charge in [-0.25, -0.2) is 9.78 Å². The van der Waals surface area contributed by atoms with Gasteiger partial charge in [0.05, 0.1) is 22.8 Å². The molecule has 0 saturated carbocycles. The van der Waals surface area contributed by atoms with E-state index in [9.17, 15) is 18.0 Å². The van der Waals surface area contributed by atoms with Crippen LogP contribution in [0.2, 0.25) is 0 Å². The van der Waals surface area contributed by atoms with Gasteiger partial charge in [-0.15, -0.1) is 0 Å². The molecule has 2 aromatic heterocycles. The first-order valence-corrected chi connectivity index (χ1v) is 12.5. The fourth-order valence-electron chi connectivity index (χ4n) is 4.23. The largest absolute Gasteiger partial charge is 0.496 e. The van der Waals surface area contributed by atoms with Gasteiger partial charge in [0.2, 0.25) is 5.65 Å². The van der Waals surface area contributed by atoms with Crippen LogP contribution < -0.4 is 10.1 Å². The highest BCUT2D eigenvalue weighted by atomic mass is 79.9.